The van der Waals surface area contributed by atoms with Gasteiger partial charge in [0.1, 0.15) is 6.04 Å². The van der Waals surface area contributed by atoms with E-state index in [2.05, 4.69) is 5.32 Å². The van der Waals surface area contributed by atoms with Crippen molar-refractivity contribution in [3.63, 3.8) is 0 Å². The molecule has 0 saturated carbocycles. The van der Waals surface area contributed by atoms with Crippen LogP contribution in [0.1, 0.15) is 55.9 Å². The second kappa shape index (κ2) is 13.8. The first-order valence-corrected chi connectivity index (χ1v) is 15.8. The van der Waals surface area contributed by atoms with Gasteiger partial charge >= 0.3 is 0 Å². The number of amides is 2. The van der Waals surface area contributed by atoms with Crippen molar-refractivity contribution in [2.24, 2.45) is 0 Å². The summed E-state index contributed by atoms with van der Waals surface area (Å²) >= 11 is 0. The van der Waals surface area contributed by atoms with Crippen molar-refractivity contribution >= 4 is 27.5 Å². The van der Waals surface area contributed by atoms with E-state index in [9.17, 15) is 18.0 Å². The number of carbonyl (C=O) groups is 2. The topological polar surface area (TPSA) is 86.8 Å². The first-order valence-electron chi connectivity index (χ1n) is 14.0. The van der Waals surface area contributed by atoms with Gasteiger partial charge in [0, 0.05) is 31.5 Å². The summed E-state index contributed by atoms with van der Waals surface area (Å²) in [5, 5.41) is 3.07. The van der Waals surface area contributed by atoms with E-state index in [-0.39, 0.29) is 31.3 Å². The van der Waals surface area contributed by atoms with Crippen LogP contribution in [0, 0.1) is 13.8 Å². The SMILES string of the molecule is Cc1cccc(N(CCCC(=O)N(Cc2ccccc2)[C@H](Cc2ccccc2)C(=O)NC(C)(C)C)S(C)(=O)=O)c1C. The summed E-state index contributed by atoms with van der Waals surface area (Å²) in [6.07, 6.45) is 1.95. The van der Waals surface area contributed by atoms with Crippen LogP contribution in [-0.4, -0.2) is 49.5 Å². The van der Waals surface area contributed by atoms with Crippen LogP contribution in [0.25, 0.3) is 0 Å². The summed E-state index contributed by atoms with van der Waals surface area (Å²) in [4.78, 5) is 29.2. The zero-order valence-electron chi connectivity index (χ0n) is 25.1. The molecule has 0 saturated heterocycles. The van der Waals surface area contributed by atoms with Gasteiger partial charge in [-0.2, -0.15) is 0 Å². The molecule has 1 atom stereocenters. The van der Waals surface area contributed by atoms with E-state index < -0.39 is 21.6 Å². The second-order valence-electron chi connectivity index (χ2n) is 11.6. The highest BCUT2D eigenvalue weighted by Crippen LogP contribution is 2.26. The molecule has 3 rings (SSSR count). The highest BCUT2D eigenvalue weighted by molar-refractivity contribution is 7.92. The van der Waals surface area contributed by atoms with Gasteiger partial charge in [-0.15, -0.1) is 0 Å². The largest absolute Gasteiger partial charge is 0.350 e. The van der Waals surface area contributed by atoms with E-state index in [4.69, 9.17) is 0 Å². The van der Waals surface area contributed by atoms with E-state index in [1.54, 1.807) is 11.0 Å². The molecule has 0 bridgehead atoms. The maximum atomic E-state index is 13.9. The van der Waals surface area contributed by atoms with Crippen LogP contribution in [0.15, 0.2) is 78.9 Å². The molecule has 220 valence electrons. The van der Waals surface area contributed by atoms with Crippen molar-refractivity contribution in [1.29, 1.82) is 0 Å². The lowest BCUT2D eigenvalue weighted by Gasteiger charge is -2.34. The van der Waals surface area contributed by atoms with E-state index in [0.29, 0.717) is 18.5 Å². The second-order valence-corrected chi connectivity index (χ2v) is 13.5. The van der Waals surface area contributed by atoms with Crippen LogP contribution in [-0.2, 0) is 32.6 Å². The fourth-order valence-electron chi connectivity index (χ4n) is 4.78. The molecular weight excluding hydrogens is 534 g/mol. The minimum absolute atomic E-state index is 0.0950. The summed E-state index contributed by atoms with van der Waals surface area (Å²) in [6.45, 7) is 10.0. The molecular formula is C33H43N3O4S. The molecule has 0 aliphatic heterocycles. The van der Waals surface area contributed by atoms with Gasteiger partial charge in [0.15, 0.2) is 0 Å². The normalized spacial score (nSPS) is 12.4. The van der Waals surface area contributed by atoms with Gasteiger partial charge in [0.05, 0.1) is 11.9 Å². The van der Waals surface area contributed by atoms with Crippen LogP contribution in [0.2, 0.25) is 0 Å². The van der Waals surface area contributed by atoms with Gasteiger partial charge < -0.3 is 10.2 Å². The zero-order chi connectivity index (χ0) is 30.2. The summed E-state index contributed by atoms with van der Waals surface area (Å²) in [5.41, 5.74) is 3.88. The first kappa shape index (κ1) is 31.9. The van der Waals surface area contributed by atoms with Crippen molar-refractivity contribution < 1.29 is 18.0 Å². The molecule has 3 aromatic rings. The average molecular weight is 578 g/mol. The molecule has 2 amide bonds. The Morgan fingerprint density at radius 1 is 0.854 bits per heavy atom. The fraction of sp³-hybridized carbons (Fsp3) is 0.394. The Balaban J connectivity index is 1.90. The molecule has 41 heavy (non-hydrogen) atoms. The quantitative estimate of drug-likeness (QED) is 0.312. The molecule has 0 spiro atoms. The van der Waals surface area contributed by atoms with E-state index >= 15 is 0 Å². The molecule has 1 N–H and O–H groups in total. The summed E-state index contributed by atoms with van der Waals surface area (Å²) in [7, 11) is -3.57. The number of sulfonamides is 1. The Morgan fingerprint density at radius 3 is 2.00 bits per heavy atom. The van der Waals surface area contributed by atoms with Crippen LogP contribution >= 0.6 is 0 Å². The highest BCUT2D eigenvalue weighted by atomic mass is 32.2. The third kappa shape index (κ3) is 9.46. The lowest BCUT2D eigenvalue weighted by Crippen LogP contribution is -2.54. The van der Waals surface area contributed by atoms with Gasteiger partial charge in [-0.05, 0) is 69.4 Å². The maximum Gasteiger partial charge on any atom is 0.243 e. The smallest absolute Gasteiger partial charge is 0.243 e. The van der Waals surface area contributed by atoms with Crippen molar-refractivity contribution in [3.05, 3.63) is 101 Å². The molecule has 0 radical (unpaired) electrons. The van der Waals surface area contributed by atoms with Crippen LogP contribution in [0.4, 0.5) is 5.69 Å². The maximum absolute atomic E-state index is 13.9. The molecule has 0 aliphatic rings. The van der Waals surface area contributed by atoms with Gasteiger partial charge in [0.25, 0.3) is 0 Å². The molecule has 7 nitrogen and oxygen atoms in total. The number of nitrogens with zero attached hydrogens (tertiary/aromatic N) is 2. The Hall–Kier alpha value is -3.65. The van der Waals surface area contributed by atoms with Crippen LogP contribution < -0.4 is 9.62 Å². The minimum atomic E-state index is -3.57. The lowest BCUT2D eigenvalue weighted by atomic mass is 10.00. The van der Waals surface area contributed by atoms with Crippen LogP contribution in [0.5, 0.6) is 0 Å². The molecule has 8 heteroatoms. The van der Waals surface area contributed by atoms with Crippen molar-refractivity contribution in [2.45, 2.75) is 72.0 Å². The van der Waals surface area contributed by atoms with Crippen molar-refractivity contribution in [1.82, 2.24) is 10.2 Å². The van der Waals surface area contributed by atoms with Gasteiger partial charge in [-0.1, -0.05) is 72.8 Å². The first-order chi connectivity index (χ1) is 19.3. The van der Waals surface area contributed by atoms with Gasteiger partial charge in [-0.25, -0.2) is 8.42 Å². The Labute approximate surface area is 245 Å². The predicted octanol–water partition coefficient (Wildman–Crippen LogP) is 5.40. The van der Waals surface area contributed by atoms with Crippen molar-refractivity contribution in [3.8, 4) is 0 Å². The molecule has 0 heterocycles. The number of hydrogen-bond donors (Lipinski definition) is 1. The van der Waals surface area contributed by atoms with Crippen molar-refractivity contribution in [2.75, 3.05) is 17.1 Å². The fourth-order valence-corrected chi connectivity index (χ4v) is 5.79. The van der Waals surface area contributed by atoms with Crippen LogP contribution in [0.3, 0.4) is 0 Å². The summed E-state index contributed by atoms with van der Waals surface area (Å²) < 4.78 is 26.9. The number of rotatable bonds is 12. The number of benzene rings is 3. The summed E-state index contributed by atoms with van der Waals surface area (Å²) in [6, 6.07) is 24.1. The Kier molecular flexibility index (Phi) is 10.7. The van der Waals surface area contributed by atoms with E-state index in [1.807, 2.05) is 107 Å². The third-order valence-corrected chi connectivity index (χ3v) is 8.14. The average Bonchev–Trinajstić information content (AvgIpc) is 2.90. The van der Waals surface area contributed by atoms with E-state index in [1.165, 1.54) is 10.6 Å². The Bertz CT molecular complexity index is 1420. The molecule has 0 aromatic heterocycles. The zero-order valence-corrected chi connectivity index (χ0v) is 25.9. The lowest BCUT2D eigenvalue weighted by molar-refractivity contribution is -0.142. The standard InChI is InChI=1S/C33H43N3O4S/c1-25-15-13-20-29(26(25)2)36(41(6,39)40)22-14-21-31(37)35(24-28-18-11-8-12-19-28)30(32(38)34-33(3,4)5)23-27-16-9-7-10-17-27/h7-13,15-20,30H,14,21-24H2,1-6H3,(H,34,38)/t30-/m1/s1. The number of carbonyl (C=O) groups excluding carboxylic acids is 2. The van der Waals surface area contributed by atoms with E-state index in [0.717, 1.165) is 22.3 Å². The third-order valence-electron chi connectivity index (χ3n) is 6.96. The molecule has 0 aliphatic carbocycles. The summed E-state index contributed by atoms with van der Waals surface area (Å²) in [5.74, 6) is -0.424. The number of hydrogen-bond acceptors (Lipinski definition) is 4. The molecule has 3 aromatic carbocycles. The number of aryl methyl sites for hydroxylation is 1. The predicted molar refractivity (Wildman–Crippen MR) is 166 cm³/mol. The van der Waals surface area contributed by atoms with Gasteiger partial charge in [-0.3, -0.25) is 13.9 Å². The highest BCUT2D eigenvalue weighted by Gasteiger charge is 2.32. The minimum Gasteiger partial charge on any atom is -0.350 e. The number of nitrogens with one attached hydrogen (secondary N) is 1. The van der Waals surface area contributed by atoms with Gasteiger partial charge in [0.2, 0.25) is 21.8 Å². The number of anilines is 1. The molecule has 0 unspecified atom stereocenters. The Morgan fingerprint density at radius 2 is 1.44 bits per heavy atom. The monoisotopic (exact) mass is 577 g/mol. The molecule has 0 fully saturated rings.